The highest BCUT2D eigenvalue weighted by molar-refractivity contribution is 7.16. The average Bonchev–Trinajstić information content (AvgIpc) is 2.96. The highest BCUT2D eigenvalue weighted by atomic mass is 35.5. The lowest BCUT2D eigenvalue weighted by Gasteiger charge is -2.34. The molecule has 1 aromatic carbocycles. The van der Waals surface area contributed by atoms with Gasteiger partial charge in [-0.25, -0.2) is 0 Å². The van der Waals surface area contributed by atoms with Crippen LogP contribution in [0.1, 0.15) is 16.5 Å². The highest BCUT2D eigenvalue weighted by Gasteiger charge is 2.25. The largest absolute Gasteiger partial charge is 0.435 e. The lowest BCUT2D eigenvalue weighted by Crippen LogP contribution is -2.45. The quantitative estimate of drug-likeness (QED) is 0.811. The minimum Gasteiger partial charge on any atom is -0.435 e. The summed E-state index contributed by atoms with van der Waals surface area (Å²) >= 11 is 7.65. The molecule has 1 atom stereocenters. The maximum atomic E-state index is 12.3. The van der Waals surface area contributed by atoms with Crippen molar-refractivity contribution in [3.05, 3.63) is 51.2 Å². The van der Waals surface area contributed by atoms with Gasteiger partial charge < -0.3 is 10.1 Å². The molecule has 0 aliphatic carbocycles. The van der Waals surface area contributed by atoms with E-state index in [9.17, 15) is 8.78 Å². The van der Waals surface area contributed by atoms with Crippen molar-refractivity contribution in [2.24, 2.45) is 0 Å². The molecule has 8 heteroatoms. The third-order valence-corrected chi connectivity index (χ3v) is 5.08. The molecule has 3 rings (SSSR count). The molecule has 1 fully saturated rings. The van der Waals surface area contributed by atoms with Crippen molar-refractivity contribution in [2.75, 3.05) is 26.2 Å². The van der Waals surface area contributed by atoms with Crippen LogP contribution in [0.4, 0.5) is 8.78 Å². The van der Waals surface area contributed by atoms with Crippen molar-refractivity contribution in [1.82, 2.24) is 10.2 Å². The zero-order valence-electron chi connectivity index (χ0n) is 12.8. The maximum absolute atomic E-state index is 12.3. The second kappa shape index (κ2) is 8.97. The number of piperazine rings is 1. The van der Waals surface area contributed by atoms with Crippen LogP contribution in [0.25, 0.3) is 0 Å². The Kier molecular flexibility index (Phi) is 7.25. The first-order chi connectivity index (χ1) is 11.1. The molecule has 132 valence electrons. The summed E-state index contributed by atoms with van der Waals surface area (Å²) in [4.78, 5) is 3.53. The first kappa shape index (κ1) is 19.4. The van der Waals surface area contributed by atoms with E-state index in [0.717, 1.165) is 41.0 Å². The van der Waals surface area contributed by atoms with Gasteiger partial charge in [-0.2, -0.15) is 8.78 Å². The van der Waals surface area contributed by atoms with E-state index in [1.54, 1.807) is 23.5 Å². The van der Waals surface area contributed by atoms with Gasteiger partial charge in [-0.1, -0.05) is 23.7 Å². The molecule has 2 heterocycles. The summed E-state index contributed by atoms with van der Waals surface area (Å²) in [6.07, 6.45) is 0. The summed E-state index contributed by atoms with van der Waals surface area (Å²) in [6, 6.07) is 10.9. The topological polar surface area (TPSA) is 24.5 Å². The minimum absolute atomic E-state index is 0. The molecule has 0 saturated carbocycles. The molecule has 0 bridgehead atoms. The Bertz CT molecular complexity index is 633. The van der Waals surface area contributed by atoms with Crippen LogP contribution in [0.15, 0.2) is 36.4 Å². The standard InChI is InChI=1S/C16H17ClF2N2OS.ClH/c17-14-6-5-13(23-14)15(21-9-7-20-8-10-21)11-1-3-12(4-2-11)22-16(18)19;/h1-6,15-16,20H,7-10H2;1H/t15-;/m1./s1. The summed E-state index contributed by atoms with van der Waals surface area (Å²) in [5, 5.41) is 3.34. The van der Waals surface area contributed by atoms with Crippen molar-refractivity contribution >= 4 is 35.3 Å². The highest BCUT2D eigenvalue weighted by Crippen LogP contribution is 2.36. The molecular formula is C16H18Cl2F2N2OS. The first-order valence-electron chi connectivity index (χ1n) is 7.38. The van der Waals surface area contributed by atoms with E-state index in [1.165, 1.54) is 0 Å². The molecule has 0 spiro atoms. The second-order valence-electron chi connectivity index (χ2n) is 5.28. The molecule has 1 saturated heterocycles. The SMILES string of the molecule is Cl.FC(F)Oc1ccc([C@H](c2ccc(Cl)s2)N2CCNCC2)cc1. The minimum atomic E-state index is -2.80. The summed E-state index contributed by atoms with van der Waals surface area (Å²) < 4.78 is 29.8. The molecule has 0 amide bonds. The molecule has 2 aromatic rings. The van der Waals surface area contributed by atoms with Gasteiger partial charge in [-0.3, -0.25) is 4.90 Å². The first-order valence-corrected chi connectivity index (χ1v) is 8.58. The second-order valence-corrected chi connectivity index (χ2v) is 7.02. The van der Waals surface area contributed by atoms with Crippen LogP contribution in [-0.2, 0) is 0 Å². The fourth-order valence-corrected chi connectivity index (χ4v) is 4.03. The van der Waals surface area contributed by atoms with Gasteiger partial charge in [0.25, 0.3) is 0 Å². The number of rotatable bonds is 5. The Balaban J connectivity index is 0.00000208. The van der Waals surface area contributed by atoms with Crippen molar-refractivity contribution in [3.8, 4) is 5.75 Å². The molecule has 0 unspecified atom stereocenters. The Hall–Kier alpha value is -0.920. The Morgan fingerprint density at radius 3 is 2.29 bits per heavy atom. The Morgan fingerprint density at radius 1 is 1.08 bits per heavy atom. The summed E-state index contributed by atoms with van der Waals surface area (Å²) in [6.45, 7) is 0.913. The smallest absolute Gasteiger partial charge is 0.387 e. The number of alkyl halides is 2. The van der Waals surface area contributed by atoms with Crippen molar-refractivity contribution in [1.29, 1.82) is 0 Å². The van der Waals surface area contributed by atoms with Gasteiger partial charge in [0.2, 0.25) is 0 Å². The zero-order valence-corrected chi connectivity index (χ0v) is 15.1. The monoisotopic (exact) mass is 394 g/mol. The molecule has 0 radical (unpaired) electrons. The van der Waals surface area contributed by atoms with Crippen LogP contribution in [0, 0.1) is 0 Å². The van der Waals surface area contributed by atoms with Gasteiger partial charge in [-0.05, 0) is 29.8 Å². The van der Waals surface area contributed by atoms with Gasteiger partial charge in [0, 0.05) is 31.1 Å². The van der Waals surface area contributed by atoms with E-state index >= 15 is 0 Å². The van der Waals surface area contributed by atoms with E-state index in [4.69, 9.17) is 11.6 Å². The number of nitrogens with zero attached hydrogens (tertiary/aromatic N) is 1. The fourth-order valence-electron chi connectivity index (χ4n) is 2.80. The molecule has 1 N–H and O–H groups in total. The van der Waals surface area contributed by atoms with Crippen LogP contribution in [0.5, 0.6) is 5.75 Å². The summed E-state index contributed by atoms with van der Waals surface area (Å²) in [5.41, 5.74) is 1.05. The van der Waals surface area contributed by atoms with Gasteiger partial charge >= 0.3 is 6.61 Å². The van der Waals surface area contributed by atoms with Crippen LogP contribution in [0.3, 0.4) is 0 Å². The van der Waals surface area contributed by atoms with Crippen LogP contribution in [0.2, 0.25) is 4.34 Å². The number of benzene rings is 1. The van der Waals surface area contributed by atoms with Gasteiger partial charge in [-0.15, -0.1) is 23.7 Å². The van der Waals surface area contributed by atoms with Crippen molar-refractivity contribution in [2.45, 2.75) is 12.7 Å². The number of thiophene rings is 1. The van der Waals surface area contributed by atoms with E-state index in [2.05, 4.69) is 15.0 Å². The van der Waals surface area contributed by atoms with Gasteiger partial charge in [0.1, 0.15) is 5.75 Å². The van der Waals surface area contributed by atoms with Crippen LogP contribution >= 0.6 is 35.3 Å². The number of hydrogen-bond donors (Lipinski definition) is 1. The summed E-state index contributed by atoms with van der Waals surface area (Å²) in [7, 11) is 0. The average molecular weight is 395 g/mol. The number of nitrogens with one attached hydrogen (secondary N) is 1. The van der Waals surface area contributed by atoms with E-state index in [1.807, 2.05) is 24.3 Å². The Labute approximate surface area is 155 Å². The lowest BCUT2D eigenvalue weighted by molar-refractivity contribution is -0.0498. The molecule has 3 nitrogen and oxygen atoms in total. The van der Waals surface area contributed by atoms with E-state index < -0.39 is 6.61 Å². The Morgan fingerprint density at radius 2 is 1.75 bits per heavy atom. The third-order valence-electron chi connectivity index (χ3n) is 3.80. The fraction of sp³-hybridized carbons (Fsp3) is 0.375. The molecule has 1 aromatic heterocycles. The molecular weight excluding hydrogens is 377 g/mol. The third kappa shape index (κ3) is 4.80. The summed E-state index contributed by atoms with van der Waals surface area (Å²) in [5.74, 6) is 0.173. The maximum Gasteiger partial charge on any atom is 0.387 e. The predicted molar refractivity (Wildman–Crippen MR) is 95.9 cm³/mol. The normalized spacial score (nSPS) is 16.7. The lowest BCUT2D eigenvalue weighted by atomic mass is 10.0. The number of hydrogen-bond acceptors (Lipinski definition) is 4. The van der Waals surface area contributed by atoms with E-state index in [-0.39, 0.29) is 24.2 Å². The van der Waals surface area contributed by atoms with Crippen LogP contribution in [-0.4, -0.2) is 37.7 Å². The number of ether oxygens (including phenoxy) is 1. The molecule has 24 heavy (non-hydrogen) atoms. The molecule has 1 aliphatic heterocycles. The van der Waals surface area contributed by atoms with Gasteiger partial charge in [0.05, 0.1) is 10.4 Å². The van der Waals surface area contributed by atoms with Crippen molar-refractivity contribution < 1.29 is 13.5 Å². The molecule has 1 aliphatic rings. The van der Waals surface area contributed by atoms with Crippen molar-refractivity contribution in [3.63, 3.8) is 0 Å². The number of halogens is 4. The zero-order chi connectivity index (χ0) is 16.2. The van der Waals surface area contributed by atoms with Crippen LogP contribution < -0.4 is 10.1 Å². The van der Waals surface area contributed by atoms with Gasteiger partial charge in [0.15, 0.2) is 0 Å². The predicted octanol–water partition coefficient (Wildman–Crippen LogP) is 4.42. The van der Waals surface area contributed by atoms with E-state index in [0.29, 0.717) is 0 Å².